The van der Waals surface area contributed by atoms with Gasteiger partial charge in [-0.05, 0) is 39.8 Å². The van der Waals surface area contributed by atoms with Crippen molar-refractivity contribution in [1.29, 1.82) is 0 Å². The summed E-state index contributed by atoms with van der Waals surface area (Å²) >= 11 is 0. The van der Waals surface area contributed by atoms with Crippen molar-refractivity contribution in [2.45, 2.75) is 44.7 Å². The molecule has 2 aliphatic heterocycles. The van der Waals surface area contributed by atoms with Crippen molar-refractivity contribution < 1.29 is 0 Å². The van der Waals surface area contributed by atoms with Crippen LogP contribution < -0.4 is 10.6 Å². The molecule has 1 aromatic heterocycles. The van der Waals surface area contributed by atoms with Crippen molar-refractivity contribution in [1.82, 2.24) is 20.2 Å². The first-order chi connectivity index (χ1) is 8.23. The SMILES string of the molecule is CC(C)n1cnc2c1C1(CCNCC1)NCC2. The molecule has 4 heteroatoms. The van der Waals surface area contributed by atoms with Crippen LogP contribution >= 0.6 is 0 Å². The Labute approximate surface area is 103 Å². The van der Waals surface area contributed by atoms with Crippen molar-refractivity contribution in [2.75, 3.05) is 19.6 Å². The lowest BCUT2D eigenvalue weighted by Crippen LogP contribution is -2.54. The molecule has 17 heavy (non-hydrogen) atoms. The maximum absolute atomic E-state index is 4.63. The molecule has 3 heterocycles. The van der Waals surface area contributed by atoms with E-state index in [1.54, 1.807) is 0 Å². The lowest BCUT2D eigenvalue weighted by atomic mass is 9.81. The summed E-state index contributed by atoms with van der Waals surface area (Å²) < 4.78 is 2.37. The molecule has 0 amide bonds. The molecule has 1 saturated heterocycles. The molecule has 4 nitrogen and oxygen atoms in total. The van der Waals surface area contributed by atoms with Gasteiger partial charge in [-0.15, -0.1) is 0 Å². The zero-order valence-corrected chi connectivity index (χ0v) is 10.8. The Morgan fingerprint density at radius 1 is 1.29 bits per heavy atom. The second-order valence-corrected chi connectivity index (χ2v) is 5.55. The third-order valence-electron chi connectivity index (χ3n) is 4.16. The van der Waals surface area contributed by atoms with E-state index in [1.807, 2.05) is 6.33 Å². The highest BCUT2D eigenvalue weighted by Gasteiger charge is 2.40. The van der Waals surface area contributed by atoms with Crippen LogP contribution in [0, 0.1) is 0 Å². The lowest BCUT2D eigenvalue weighted by Gasteiger charge is -2.42. The van der Waals surface area contributed by atoms with Gasteiger partial charge in [-0.3, -0.25) is 0 Å². The van der Waals surface area contributed by atoms with E-state index in [2.05, 4.69) is 34.0 Å². The molecule has 3 rings (SSSR count). The largest absolute Gasteiger partial charge is 0.330 e. The number of nitrogens with zero attached hydrogens (tertiary/aromatic N) is 2. The van der Waals surface area contributed by atoms with Gasteiger partial charge in [0.25, 0.3) is 0 Å². The van der Waals surface area contributed by atoms with Crippen LogP contribution in [-0.4, -0.2) is 29.2 Å². The Bertz CT molecular complexity index is 402. The number of hydrogen-bond acceptors (Lipinski definition) is 3. The summed E-state index contributed by atoms with van der Waals surface area (Å²) in [5.74, 6) is 0. The number of imidazole rings is 1. The number of hydrogen-bond donors (Lipinski definition) is 2. The third kappa shape index (κ3) is 1.70. The molecule has 0 radical (unpaired) electrons. The minimum Gasteiger partial charge on any atom is -0.330 e. The molecule has 0 saturated carbocycles. The second kappa shape index (κ2) is 4.10. The van der Waals surface area contributed by atoms with E-state index < -0.39 is 0 Å². The third-order valence-corrected chi connectivity index (χ3v) is 4.16. The zero-order chi connectivity index (χ0) is 11.9. The summed E-state index contributed by atoms with van der Waals surface area (Å²) in [6.45, 7) is 7.77. The summed E-state index contributed by atoms with van der Waals surface area (Å²) in [4.78, 5) is 4.63. The van der Waals surface area contributed by atoms with Crippen LogP contribution in [0.2, 0.25) is 0 Å². The molecule has 1 spiro atoms. The maximum atomic E-state index is 4.63. The topological polar surface area (TPSA) is 41.9 Å². The highest BCUT2D eigenvalue weighted by molar-refractivity contribution is 5.28. The van der Waals surface area contributed by atoms with Gasteiger partial charge in [-0.25, -0.2) is 4.98 Å². The van der Waals surface area contributed by atoms with Gasteiger partial charge in [-0.1, -0.05) is 0 Å². The molecular formula is C13H22N4. The van der Waals surface area contributed by atoms with E-state index in [0.29, 0.717) is 6.04 Å². The minimum absolute atomic E-state index is 0.180. The van der Waals surface area contributed by atoms with Crippen LogP contribution in [0.25, 0.3) is 0 Å². The Kier molecular flexibility index (Phi) is 2.71. The first-order valence-electron chi connectivity index (χ1n) is 6.75. The smallest absolute Gasteiger partial charge is 0.0954 e. The van der Waals surface area contributed by atoms with E-state index in [9.17, 15) is 0 Å². The highest BCUT2D eigenvalue weighted by Crippen LogP contribution is 2.36. The van der Waals surface area contributed by atoms with E-state index in [1.165, 1.54) is 24.2 Å². The monoisotopic (exact) mass is 234 g/mol. The van der Waals surface area contributed by atoms with Gasteiger partial charge in [0.1, 0.15) is 0 Å². The Hall–Kier alpha value is -0.870. The van der Waals surface area contributed by atoms with Gasteiger partial charge < -0.3 is 15.2 Å². The Morgan fingerprint density at radius 2 is 2.06 bits per heavy atom. The molecular weight excluding hydrogens is 212 g/mol. The van der Waals surface area contributed by atoms with E-state index in [0.717, 1.165) is 26.1 Å². The highest BCUT2D eigenvalue weighted by atomic mass is 15.2. The minimum atomic E-state index is 0.180. The average Bonchev–Trinajstić information content (AvgIpc) is 2.76. The van der Waals surface area contributed by atoms with Crippen LogP contribution in [0.4, 0.5) is 0 Å². The van der Waals surface area contributed by atoms with Crippen molar-refractivity contribution in [2.24, 2.45) is 0 Å². The number of nitrogens with one attached hydrogen (secondary N) is 2. The van der Waals surface area contributed by atoms with Gasteiger partial charge in [0.15, 0.2) is 0 Å². The van der Waals surface area contributed by atoms with E-state index in [-0.39, 0.29) is 5.54 Å². The van der Waals surface area contributed by atoms with E-state index in [4.69, 9.17) is 0 Å². The van der Waals surface area contributed by atoms with Crippen molar-refractivity contribution >= 4 is 0 Å². The summed E-state index contributed by atoms with van der Waals surface area (Å²) in [6, 6.07) is 0.498. The van der Waals surface area contributed by atoms with Crippen molar-refractivity contribution in [3.63, 3.8) is 0 Å². The number of rotatable bonds is 1. The Morgan fingerprint density at radius 3 is 2.76 bits per heavy atom. The van der Waals surface area contributed by atoms with Gasteiger partial charge >= 0.3 is 0 Å². The lowest BCUT2D eigenvalue weighted by molar-refractivity contribution is 0.217. The number of fused-ring (bicyclic) bond motifs is 2. The zero-order valence-electron chi connectivity index (χ0n) is 10.8. The molecule has 0 aliphatic carbocycles. The van der Waals surface area contributed by atoms with Crippen LogP contribution in [0.5, 0.6) is 0 Å². The molecule has 1 fully saturated rings. The normalized spacial score (nSPS) is 23.0. The van der Waals surface area contributed by atoms with Gasteiger partial charge in [0, 0.05) is 19.0 Å². The van der Waals surface area contributed by atoms with Crippen LogP contribution in [0.3, 0.4) is 0 Å². The van der Waals surface area contributed by atoms with Gasteiger partial charge in [-0.2, -0.15) is 0 Å². The fourth-order valence-corrected chi connectivity index (χ4v) is 3.27. The number of aromatic nitrogens is 2. The fraction of sp³-hybridized carbons (Fsp3) is 0.769. The van der Waals surface area contributed by atoms with Gasteiger partial charge in [0.2, 0.25) is 0 Å². The van der Waals surface area contributed by atoms with Crippen LogP contribution in [0.1, 0.15) is 44.1 Å². The van der Waals surface area contributed by atoms with Crippen LogP contribution in [-0.2, 0) is 12.0 Å². The molecule has 2 aliphatic rings. The molecule has 94 valence electrons. The molecule has 1 aromatic rings. The van der Waals surface area contributed by atoms with E-state index >= 15 is 0 Å². The molecule has 0 bridgehead atoms. The Balaban J connectivity index is 2.07. The maximum Gasteiger partial charge on any atom is 0.0954 e. The molecule has 0 unspecified atom stereocenters. The summed E-state index contributed by atoms with van der Waals surface area (Å²) in [7, 11) is 0. The first kappa shape index (κ1) is 11.2. The van der Waals surface area contributed by atoms with Crippen molar-refractivity contribution in [3.8, 4) is 0 Å². The summed E-state index contributed by atoms with van der Waals surface area (Å²) in [5.41, 5.74) is 2.96. The van der Waals surface area contributed by atoms with Crippen molar-refractivity contribution in [3.05, 3.63) is 17.7 Å². The second-order valence-electron chi connectivity index (χ2n) is 5.55. The number of piperidine rings is 1. The molecule has 0 aromatic carbocycles. The average molecular weight is 234 g/mol. The first-order valence-corrected chi connectivity index (χ1v) is 6.75. The predicted octanol–water partition coefficient (Wildman–Crippen LogP) is 1.19. The predicted molar refractivity (Wildman–Crippen MR) is 68.1 cm³/mol. The fourth-order valence-electron chi connectivity index (χ4n) is 3.27. The summed E-state index contributed by atoms with van der Waals surface area (Å²) in [5, 5.41) is 7.23. The molecule has 0 atom stereocenters. The quantitative estimate of drug-likeness (QED) is 0.767. The van der Waals surface area contributed by atoms with Gasteiger partial charge in [0.05, 0.1) is 23.3 Å². The molecule has 2 N–H and O–H groups in total. The standard InChI is InChI=1S/C13H22N4/c1-10(2)17-9-15-11-3-6-16-13(12(11)17)4-7-14-8-5-13/h9-10,14,16H,3-8H2,1-2H3. The van der Waals surface area contributed by atoms with Crippen LogP contribution in [0.15, 0.2) is 6.33 Å². The summed E-state index contributed by atoms with van der Waals surface area (Å²) in [6.07, 6.45) is 5.47.